The van der Waals surface area contributed by atoms with Gasteiger partial charge in [-0.3, -0.25) is 9.79 Å². The number of hydrogen-bond acceptors (Lipinski definition) is 4. The molecular weight excluding hydrogens is 553 g/mol. The van der Waals surface area contributed by atoms with Crippen molar-refractivity contribution in [3.05, 3.63) is 99.0 Å². The Labute approximate surface area is 243 Å². The quantitative estimate of drug-likeness (QED) is 0.300. The predicted molar refractivity (Wildman–Crippen MR) is 156 cm³/mol. The Morgan fingerprint density at radius 1 is 1.15 bits per heavy atom. The zero-order valence-corrected chi connectivity index (χ0v) is 24.1. The number of rotatable bonds is 6. The molecule has 3 aromatic carbocycles. The van der Waals surface area contributed by atoms with Crippen molar-refractivity contribution >= 4 is 41.0 Å². The van der Waals surface area contributed by atoms with Crippen molar-refractivity contribution in [2.24, 2.45) is 10.4 Å². The lowest BCUT2D eigenvalue weighted by atomic mass is 9.62. The Bertz CT molecular complexity index is 1500. The van der Waals surface area contributed by atoms with Crippen molar-refractivity contribution in [2.45, 2.75) is 50.6 Å². The lowest BCUT2D eigenvalue weighted by Gasteiger charge is -2.37. The number of halogens is 4. The number of carbonyl (C=O) groups excluding carboxylic acids is 1. The second kappa shape index (κ2) is 11.7. The van der Waals surface area contributed by atoms with Crippen molar-refractivity contribution in [1.82, 2.24) is 5.32 Å². The molecule has 9 heteroatoms. The molecule has 5 nitrogen and oxygen atoms in total. The Morgan fingerprint density at radius 3 is 2.52 bits per heavy atom. The van der Waals surface area contributed by atoms with Gasteiger partial charge in [0, 0.05) is 41.5 Å². The lowest BCUT2D eigenvalue weighted by Crippen LogP contribution is -2.45. The van der Waals surface area contributed by atoms with Crippen LogP contribution in [0.3, 0.4) is 0 Å². The van der Waals surface area contributed by atoms with E-state index in [2.05, 4.69) is 21.7 Å². The SMILES string of the molecule is CN=Cc1cccc(NC(=O)C2NC(CC(C)(C)C)C(C#N)(c3ccc(Cl)cc3F)C2c2cccc(Cl)c2F)c1. The molecule has 2 N–H and O–H groups in total. The first-order valence-electron chi connectivity index (χ1n) is 12.8. The molecule has 4 unspecified atom stereocenters. The maximum atomic E-state index is 15.7. The highest BCUT2D eigenvalue weighted by molar-refractivity contribution is 6.31. The van der Waals surface area contributed by atoms with Gasteiger partial charge in [0.05, 0.1) is 17.1 Å². The molecule has 1 heterocycles. The van der Waals surface area contributed by atoms with Gasteiger partial charge in [-0.1, -0.05) is 74.3 Å². The van der Waals surface area contributed by atoms with Crippen LogP contribution in [0.4, 0.5) is 14.5 Å². The second-order valence-corrected chi connectivity index (χ2v) is 12.0. The van der Waals surface area contributed by atoms with Crippen molar-refractivity contribution in [2.75, 3.05) is 12.4 Å². The Balaban J connectivity index is 1.94. The number of anilines is 1. The standard InChI is InChI=1S/C31H30Cl2F2N4O/c1-30(2,3)15-25-31(17-36,22-12-11-19(32)14-24(22)34)26(21-9-6-10-23(33)27(21)35)28(39-25)29(40)38-20-8-5-7-18(13-20)16-37-4/h5-14,16,25-26,28,39H,15H2,1-4H3,(H,38,40). The number of nitrogens with zero attached hydrogens (tertiary/aromatic N) is 2. The minimum Gasteiger partial charge on any atom is -0.325 e. The molecule has 40 heavy (non-hydrogen) atoms. The van der Waals surface area contributed by atoms with E-state index in [4.69, 9.17) is 23.2 Å². The summed E-state index contributed by atoms with van der Waals surface area (Å²) in [6.07, 6.45) is 2.03. The van der Waals surface area contributed by atoms with Crippen LogP contribution in [-0.2, 0) is 10.2 Å². The lowest BCUT2D eigenvalue weighted by molar-refractivity contribution is -0.118. The van der Waals surface area contributed by atoms with Crippen LogP contribution in [0.15, 0.2) is 65.7 Å². The van der Waals surface area contributed by atoms with Gasteiger partial charge in [0.1, 0.15) is 17.0 Å². The molecule has 0 spiro atoms. The van der Waals surface area contributed by atoms with Gasteiger partial charge in [0.15, 0.2) is 0 Å². The van der Waals surface area contributed by atoms with Crippen LogP contribution in [0.1, 0.15) is 49.8 Å². The van der Waals surface area contributed by atoms with Crippen molar-refractivity contribution in [1.29, 1.82) is 5.26 Å². The average molecular weight is 584 g/mol. The fourth-order valence-electron chi connectivity index (χ4n) is 5.62. The van der Waals surface area contributed by atoms with E-state index in [-0.39, 0.29) is 26.6 Å². The van der Waals surface area contributed by atoms with Crippen LogP contribution in [0.5, 0.6) is 0 Å². The van der Waals surface area contributed by atoms with Gasteiger partial charge in [0.2, 0.25) is 5.91 Å². The zero-order chi connectivity index (χ0) is 29.2. The highest BCUT2D eigenvalue weighted by Gasteiger charge is 2.61. The summed E-state index contributed by atoms with van der Waals surface area (Å²) in [4.78, 5) is 18.0. The minimum absolute atomic E-state index is 0.0296. The summed E-state index contributed by atoms with van der Waals surface area (Å²) in [7, 11) is 1.64. The Morgan fingerprint density at radius 2 is 1.88 bits per heavy atom. The third-order valence-electron chi connectivity index (χ3n) is 7.16. The van der Waals surface area contributed by atoms with E-state index < -0.39 is 41.0 Å². The molecule has 0 aliphatic carbocycles. The number of amides is 1. The highest BCUT2D eigenvalue weighted by atomic mass is 35.5. The van der Waals surface area contributed by atoms with Crippen LogP contribution in [-0.4, -0.2) is 31.3 Å². The molecule has 4 atom stereocenters. The first kappa shape index (κ1) is 29.7. The molecule has 3 aromatic rings. The third-order valence-corrected chi connectivity index (χ3v) is 7.69. The average Bonchev–Trinajstić information content (AvgIpc) is 3.19. The van der Waals surface area contributed by atoms with E-state index in [1.54, 1.807) is 37.5 Å². The molecule has 4 rings (SSSR count). The minimum atomic E-state index is -1.69. The normalized spacial score (nSPS) is 22.8. The molecule has 0 aromatic heterocycles. The summed E-state index contributed by atoms with van der Waals surface area (Å²) in [6, 6.07) is 16.1. The van der Waals surface area contributed by atoms with E-state index in [0.29, 0.717) is 12.1 Å². The van der Waals surface area contributed by atoms with E-state index in [1.807, 2.05) is 26.8 Å². The maximum absolute atomic E-state index is 15.7. The highest BCUT2D eigenvalue weighted by Crippen LogP contribution is 2.52. The molecule has 1 fully saturated rings. The van der Waals surface area contributed by atoms with Crippen LogP contribution < -0.4 is 10.6 Å². The number of hydrogen-bond donors (Lipinski definition) is 2. The van der Waals surface area contributed by atoms with E-state index in [0.717, 1.165) is 11.6 Å². The number of nitriles is 1. The van der Waals surface area contributed by atoms with E-state index in [1.165, 1.54) is 24.3 Å². The van der Waals surface area contributed by atoms with Crippen LogP contribution in [0.25, 0.3) is 0 Å². The number of nitrogens with one attached hydrogen (secondary N) is 2. The van der Waals surface area contributed by atoms with Crippen LogP contribution in [0, 0.1) is 28.4 Å². The number of aliphatic imine (C=N–C) groups is 1. The first-order chi connectivity index (χ1) is 18.9. The molecule has 208 valence electrons. The predicted octanol–water partition coefficient (Wildman–Crippen LogP) is 7.28. The molecular formula is C31H30Cl2F2N4O. The number of benzene rings is 3. The fraction of sp³-hybridized carbons (Fsp3) is 0.323. The third kappa shape index (κ3) is 5.76. The molecule has 1 aliphatic heterocycles. The van der Waals surface area contributed by atoms with Crippen LogP contribution in [0.2, 0.25) is 10.0 Å². The summed E-state index contributed by atoms with van der Waals surface area (Å²) in [5, 5.41) is 17.1. The van der Waals surface area contributed by atoms with E-state index >= 15 is 8.78 Å². The second-order valence-electron chi connectivity index (χ2n) is 11.2. The van der Waals surface area contributed by atoms with Gasteiger partial charge in [-0.05, 0) is 53.3 Å². The smallest absolute Gasteiger partial charge is 0.242 e. The topological polar surface area (TPSA) is 77.3 Å². The van der Waals surface area contributed by atoms with Crippen LogP contribution >= 0.6 is 23.2 Å². The molecule has 1 aliphatic rings. The van der Waals surface area contributed by atoms with Gasteiger partial charge in [-0.25, -0.2) is 8.78 Å². The summed E-state index contributed by atoms with van der Waals surface area (Å²) in [5.41, 5.74) is -0.682. The molecule has 1 amide bonds. The number of carbonyl (C=O) groups is 1. The van der Waals surface area contributed by atoms with Crippen molar-refractivity contribution < 1.29 is 13.6 Å². The Kier molecular flexibility index (Phi) is 8.65. The molecule has 1 saturated heterocycles. The Hall–Kier alpha value is -3.31. The van der Waals surface area contributed by atoms with E-state index in [9.17, 15) is 10.1 Å². The first-order valence-corrected chi connectivity index (χ1v) is 13.6. The molecule has 0 bridgehead atoms. The van der Waals surface area contributed by atoms with Gasteiger partial charge >= 0.3 is 0 Å². The van der Waals surface area contributed by atoms with Gasteiger partial charge in [0.25, 0.3) is 0 Å². The summed E-state index contributed by atoms with van der Waals surface area (Å²) in [5.74, 6) is -3.12. The summed E-state index contributed by atoms with van der Waals surface area (Å²) in [6.45, 7) is 5.95. The summed E-state index contributed by atoms with van der Waals surface area (Å²) >= 11 is 12.3. The monoisotopic (exact) mass is 582 g/mol. The maximum Gasteiger partial charge on any atom is 0.242 e. The largest absolute Gasteiger partial charge is 0.325 e. The fourth-order valence-corrected chi connectivity index (χ4v) is 5.96. The van der Waals surface area contributed by atoms with Crippen molar-refractivity contribution in [3.63, 3.8) is 0 Å². The van der Waals surface area contributed by atoms with Crippen molar-refractivity contribution in [3.8, 4) is 6.07 Å². The van der Waals surface area contributed by atoms with Gasteiger partial charge in [-0.15, -0.1) is 0 Å². The summed E-state index contributed by atoms with van der Waals surface area (Å²) < 4.78 is 31.5. The molecule has 0 radical (unpaired) electrons. The van der Waals surface area contributed by atoms with Gasteiger partial charge in [-0.2, -0.15) is 5.26 Å². The zero-order valence-electron chi connectivity index (χ0n) is 22.6. The van der Waals surface area contributed by atoms with Gasteiger partial charge < -0.3 is 10.6 Å². The molecule has 0 saturated carbocycles.